The number of benzene rings is 1. The first-order valence-corrected chi connectivity index (χ1v) is 14.4. The van der Waals surface area contributed by atoms with Crippen molar-refractivity contribution in [2.24, 2.45) is 9.98 Å². The third kappa shape index (κ3) is 13.4. The number of hydrogen-bond donors (Lipinski definition) is 0. The Balaban J connectivity index is 0.000000772. The van der Waals surface area contributed by atoms with Crippen LogP contribution in [0.3, 0.4) is 0 Å². The first-order chi connectivity index (χ1) is 19.2. The molecule has 0 bridgehead atoms. The van der Waals surface area contributed by atoms with Gasteiger partial charge in [0.25, 0.3) is 0 Å². The summed E-state index contributed by atoms with van der Waals surface area (Å²) in [5.41, 5.74) is 10.5. The van der Waals surface area contributed by atoms with E-state index in [1.807, 2.05) is 72.1 Å². The van der Waals surface area contributed by atoms with E-state index in [9.17, 15) is 0 Å². The first kappa shape index (κ1) is 36.3. The molecule has 1 aromatic carbocycles. The van der Waals surface area contributed by atoms with Gasteiger partial charge in [-0.05, 0) is 79.7 Å². The van der Waals surface area contributed by atoms with E-state index in [1.165, 1.54) is 16.0 Å². The van der Waals surface area contributed by atoms with E-state index in [1.54, 1.807) is 0 Å². The zero-order valence-electron chi connectivity index (χ0n) is 26.6. The molecule has 214 valence electrons. The minimum Gasteiger partial charge on any atom is -0.288 e. The van der Waals surface area contributed by atoms with Crippen LogP contribution in [0.4, 0.5) is 0 Å². The minimum absolute atomic E-state index is 0.594. The Morgan fingerprint density at radius 3 is 2.33 bits per heavy atom. The number of dihydropyridines is 1. The largest absolute Gasteiger partial charge is 0.288 e. The van der Waals surface area contributed by atoms with Crippen LogP contribution in [0.1, 0.15) is 86.6 Å². The zero-order chi connectivity index (χ0) is 30.5. The van der Waals surface area contributed by atoms with Gasteiger partial charge in [-0.2, -0.15) is 0 Å². The molecule has 1 heterocycles. The van der Waals surface area contributed by atoms with E-state index in [4.69, 9.17) is 4.99 Å². The normalized spacial score (nSPS) is 15.2. The number of hydrogen-bond acceptors (Lipinski definition) is 2. The summed E-state index contributed by atoms with van der Waals surface area (Å²) >= 11 is 0. The van der Waals surface area contributed by atoms with Crippen LogP contribution >= 0.6 is 0 Å². The van der Waals surface area contributed by atoms with Gasteiger partial charge < -0.3 is 0 Å². The quantitative estimate of drug-likeness (QED) is 0.170. The average Bonchev–Trinajstić information content (AvgIpc) is 2.96. The van der Waals surface area contributed by atoms with Crippen molar-refractivity contribution < 1.29 is 0 Å². The van der Waals surface area contributed by atoms with Crippen LogP contribution in [0.5, 0.6) is 0 Å². The Morgan fingerprint density at radius 1 is 1.07 bits per heavy atom. The molecule has 0 aromatic heterocycles. The summed E-state index contributed by atoms with van der Waals surface area (Å²) < 4.78 is 0. The van der Waals surface area contributed by atoms with Crippen molar-refractivity contribution in [1.29, 1.82) is 0 Å². The van der Waals surface area contributed by atoms with Crippen LogP contribution < -0.4 is 10.4 Å². The molecule has 0 saturated carbocycles. The molecule has 1 aromatic rings. The first-order valence-electron chi connectivity index (χ1n) is 14.4. The molecule has 1 aliphatic heterocycles. The Hall–Kier alpha value is -3.74. The molecule has 0 aliphatic carbocycles. The highest BCUT2D eigenvalue weighted by atomic mass is 14.8. The molecule has 0 spiro atoms. The van der Waals surface area contributed by atoms with Crippen LogP contribution in [0.25, 0.3) is 12.7 Å². The molecule has 2 heteroatoms. The van der Waals surface area contributed by atoms with E-state index >= 15 is 0 Å². The van der Waals surface area contributed by atoms with E-state index in [0.29, 0.717) is 12.5 Å². The lowest BCUT2D eigenvalue weighted by Crippen LogP contribution is -2.27. The zero-order valence-corrected chi connectivity index (χ0v) is 26.6. The van der Waals surface area contributed by atoms with Gasteiger partial charge in [-0.15, -0.1) is 5.73 Å². The molecule has 2 rings (SSSR count). The molecule has 0 amide bonds. The van der Waals surface area contributed by atoms with Crippen LogP contribution in [0.15, 0.2) is 118 Å². The lowest BCUT2D eigenvalue weighted by Gasteiger charge is -2.10. The maximum absolute atomic E-state index is 4.79. The molecule has 0 radical (unpaired) electrons. The third-order valence-electron chi connectivity index (χ3n) is 6.21. The Labute approximate surface area is 245 Å². The smallest absolute Gasteiger partial charge is 0.0764 e. The van der Waals surface area contributed by atoms with E-state index in [-0.39, 0.29) is 0 Å². The fraction of sp³-hybridized carbons (Fsp3) is 0.342. The summed E-state index contributed by atoms with van der Waals surface area (Å²) in [6.07, 6.45) is 20.2. The van der Waals surface area contributed by atoms with Gasteiger partial charge in [0, 0.05) is 23.9 Å². The van der Waals surface area contributed by atoms with Gasteiger partial charge in [-0.25, -0.2) is 0 Å². The average molecular weight is 537 g/mol. The predicted molar refractivity (Wildman–Crippen MR) is 184 cm³/mol. The fourth-order valence-corrected chi connectivity index (χ4v) is 3.85. The summed E-state index contributed by atoms with van der Waals surface area (Å²) in [6.45, 7) is 31.1. The second kappa shape index (κ2) is 21.1. The predicted octanol–water partition coefficient (Wildman–Crippen LogP) is 9.54. The van der Waals surface area contributed by atoms with Crippen LogP contribution in [0.2, 0.25) is 0 Å². The fourth-order valence-electron chi connectivity index (χ4n) is 3.85. The maximum atomic E-state index is 4.79. The summed E-state index contributed by atoms with van der Waals surface area (Å²) in [4.78, 5) is 9.10. The molecule has 0 N–H and O–H groups in total. The van der Waals surface area contributed by atoms with E-state index in [0.717, 1.165) is 46.5 Å². The second-order valence-corrected chi connectivity index (χ2v) is 9.51. The number of allylic oxidation sites excluding steroid dienone is 9. The van der Waals surface area contributed by atoms with Gasteiger partial charge >= 0.3 is 0 Å². The summed E-state index contributed by atoms with van der Waals surface area (Å²) in [6, 6.07) is 6.42. The Kier molecular flexibility index (Phi) is 19.2. The van der Waals surface area contributed by atoms with Crippen LogP contribution in [-0.2, 0) is 0 Å². The molecule has 2 nitrogen and oxygen atoms in total. The highest BCUT2D eigenvalue weighted by Gasteiger charge is 2.07. The highest BCUT2D eigenvalue weighted by Crippen LogP contribution is 2.19. The monoisotopic (exact) mass is 536 g/mol. The summed E-state index contributed by atoms with van der Waals surface area (Å²) in [5, 5.41) is 2.40. The minimum atomic E-state index is 0.594. The van der Waals surface area contributed by atoms with Crippen molar-refractivity contribution in [2.75, 3.05) is 6.54 Å². The Morgan fingerprint density at radius 2 is 1.75 bits per heavy atom. The van der Waals surface area contributed by atoms with Crippen molar-refractivity contribution in [2.45, 2.75) is 81.1 Å². The van der Waals surface area contributed by atoms with Crippen LogP contribution in [-0.4, -0.2) is 18.5 Å². The number of rotatable bonds is 9. The van der Waals surface area contributed by atoms with Gasteiger partial charge in [0.15, 0.2) is 0 Å². The Bertz CT molecular complexity index is 1330. The molecule has 40 heavy (non-hydrogen) atoms. The van der Waals surface area contributed by atoms with E-state index in [2.05, 4.69) is 93.7 Å². The topological polar surface area (TPSA) is 24.7 Å². The van der Waals surface area contributed by atoms with Crippen LogP contribution in [0, 0.1) is 0 Å². The second-order valence-electron chi connectivity index (χ2n) is 9.51. The van der Waals surface area contributed by atoms with Crippen molar-refractivity contribution >= 4 is 24.6 Å². The van der Waals surface area contributed by atoms with Gasteiger partial charge in [0.2, 0.25) is 0 Å². The molecular weight excluding hydrogens is 484 g/mol. The molecule has 1 atom stereocenters. The summed E-state index contributed by atoms with van der Waals surface area (Å²) in [5.74, 6) is 0.594. The van der Waals surface area contributed by atoms with E-state index < -0.39 is 0 Å². The van der Waals surface area contributed by atoms with Crippen molar-refractivity contribution in [3.63, 3.8) is 0 Å². The molecule has 0 fully saturated rings. The van der Waals surface area contributed by atoms with Gasteiger partial charge in [-0.1, -0.05) is 114 Å². The molecule has 1 unspecified atom stereocenters. The molecule has 1 aliphatic rings. The lowest BCUT2D eigenvalue weighted by atomic mass is 9.96. The standard InChI is InChI=1S/C21H26N2.C15H20.C2H6/c1-7-9-10-11-18(5)21(17(4)8-2)23-19(6)13-20-12-16(3)14-22-15-20;1-5-7-9-14-10-8-11-15(13(14)4)12(3)6-2;1-2/h7,9-12,15H,2-3,13-14H2,1,4-6H3;5,7-12H,4,6H2,1-3H3;1-2H3/b9-7-,11-10-,21-18+,23-19?;7-5-,14-9-;. The van der Waals surface area contributed by atoms with Gasteiger partial charge in [0.05, 0.1) is 12.2 Å². The number of nitrogens with zero attached hydrogens (tertiary/aromatic N) is 2. The molecule has 0 saturated heterocycles. The lowest BCUT2D eigenvalue weighted by molar-refractivity contribution is 0.728. The number of aliphatic imine (C=N–C) groups is 2. The highest BCUT2D eigenvalue weighted by molar-refractivity contribution is 5.94. The molecular formula is C38H52N2. The third-order valence-corrected chi connectivity index (χ3v) is 6.21. The van der Waals surface area contributed by atoms with Crippen molar-refractivity contribution in [1.82, 2.24) is 0 Å². The summed E-state index contributed by atoms with van der Waals surface area (Å²) in [7, 11) is 0. The van der Waals surface area contributed by atoms with Gasteiger partial charge in [-0.3, -0.25) is 9.98 Å². The SMILES string of the molecule is C=C=C(C)\C(N=C(C)CC1=CC(=C)CN=C1)=C(C)/C=C\C=C/C.C=c1c(C(C)CC)ccc/c1=C/C=C\C.CC. The van der Waals surface area contributed by atoms with Crippen molar-refractivity contribution in [3.05, 3.63) is 124 Å². The maximum Gasteiger partial charge on any atom is 0.0764 e. The van der Waals surface area contributed by atoms with Gasteiger partial charge in [0.1, 0.15) is 0 Å². The van der Waals surface area contributed by atoms with Crippen molar-refractivity contribution in [3.8, 4) is 0 Å².